The molecule has 1 aliphatic heterocycles. The first-order valence-electron chi connectivity index (χ1n) is 11.1. The molecule has 1 saturated heterocycles. The van der Waals surface area contributed by atoms with Gasteiger partial charge in [-0.1, -0.05) is 18.2 Å². The number of methoxy groups -OCH3 is 1. The van der Waals surface area contributed by atoms with Crippen LogP contribution in [0.3, 0.4) is 0 Å². The van der Waals surface area contributed by atoms with E-state index in [4.69, 9.17) is 9.47 Å². The summed E-state index contributed by atoms with van der Waals surface area (Å²) >= 11 is 0. The van der Waals surface area contributed by atoms with Crippen LogP contribution in [0.25, 0.3) is 16.9 Å². The van der Waals surface area contributed by atoms with Crippen LogP contribution in [0.1, 0.15) is 0 Å². The van der Waals surface area contributed by atoms with Gasteiger partial charge in [0.15, 0.2) is 0 Å². The summed E-state index contributed by atoms with van der Waals surface area (Å²) in [5.41, 5.74) is 4.19. The Kier molecular flexibility index (Phi) is 5.94. The van der Waals surface area contributed by atoms with Crippen molar-refractivity contribution in [1.29, 1.82) is 0 Å². The quantitative estimate of drug-likeness (QED) is 0.441. The van der Waals surface area contributed by atoms with E-state index in [9.17, 15) is 0 Å². The molecule has 0 amide bonds. The van der Waals surface area contributed by atoms with Crippen molar-refractivity contribution in [2.24, 2.45) is 0 Å². The largest absolute Gasteiger partial charge is 0.495 e. The number of aromatic nitrogens is 2. The zero-order chi connectivity index (χ0) is 21.8. The van der Waals surface area contributed by atoms with E-state index < -0.39 is 0 Å². The topological polar surface area (TPSA) is 42.2 Å². The number of hydrogen-bond acceptors (Lipinski definition) is 5. The standard InChI is InChI=1S/C26H28N4O2/c1-31-25-7-3-2-6-24(25)29-16-14-28(15-17-29)18-19-32-22-11-9-21(10-12-22)23-20-30-13-5-4-8-26(30)27-23/h2-13,20H,14-19H2,1H3. The minimum atomic E-state index is 0.683. The van der Waals surface area contributed by atoms with Crippen LogP contribution in [0.5, 0.6) is 11.5 Å². The van der Waals surface area contributed by atoms with E-state index in [1.165, 1.54) is 5.69 Å². The van der Waals surface area contributed by atoms with Crippen LogP contribution in [0.15, 0.2) is 79.1 Å². The highest BCUT2D eigenvalue weighted by Gasteiger charge is 2.19. The summed E-state index contributed by atoms with van der Waals surface area (Å²) in [4.78, 5) is 9.53. The highest BCUT2D eigenvalue weighted by atomic mass is 16.5. The molecule has 0 spiro atoms. The molecule has 0 bridgehead atoms. The number of fused-ring (bicyclic) bond motifs is 1. The summed E-state index contributed by atoms with van der Waals surface area (Å²) in [6.07, 6.45) is 4.06. The molecule has 32 heavy (non-hydrogen) atoms. The van der Waals surface area contributed by atoms with E-state index in [1.807, 2.05) is 53.1 Å². The third-order valence-electron chi connectivity index (χ3n) is 5.99. The second-order valence-electron chi connectivity index (χ2n) is 7.97. The first-order chi connectivity index (χ1) is 15.8. The lowest BCUT2D eigenvalue weighted by Gasteiger charge is -2.36. The first kappa shape index (κ1) is 20.4. The van der Waals surface area contributed by atoms with Gasteiger partial charge in [-0.2, -0.15) is 0 Å². The smallest absolute Gasteiger partial charge is 0.142 e. The number of ether oxygens (including phenoxy) is 2. The molecule has 0 aliphatic carbocycles. The minimum absolute atomic E-state index is 0.683. The van der Waals surface area contributed by atoms with Gasteiger partial charge in [0.2, 0.25) is 0 Å². The second-order valence-corrected chi connectivity index (χ2v) is 7.97. The van der Waals surface area contributed by atoms with Crippen LogP contribution in [0, 0.1) is 0 Å². The molecular formula is C26H28N4O2. The summed E-state index contributed by atoms with van der Waals surface area (Å²) in [6.45, 7) is 5.64. The maximum atomic E-state index is 6.01. The summed E-state index contributed by atoms with van der Waals surface area (Å²) in [5.74, 6) is 1.83. The minimum Gasteiger partial charge on any atom is -0.495 e. The van der Waals surface area contributed by atoms with Crippen molar-refractivity contribution in [3.63, 3.8) is 0 Å². The summed E-state index contributed by atoms with van der Waals surface area (Å²) in [7, 11) is 1.73. The number of para-hydroxylation sites is 2. The maximum absolute atomic E-state index is 6.01. The van der Waals surface area contributed by atoms with Crippen LogP contribution in [0.4, 0.5) is 5.69 Å². The van der Waals surface area contributed by atoms with Gasteiger partial charge in [0.25, 0.3) is 0 Å². The molecule has 5 rings (SSSR count). The van der Waals surface area contributed by atoms with Gasteiger partial charge in [-0.15, -0.1) is 0 Å². The Morgan fingerprint density at radius 1 is 0.875 bits per heavy atom. The fourth-order valence-electron chi connectivity index (χ4n) is 4.19. The molecule has 1 fully saturated rings. The molecule has 0 N–H and O–H groups in total. The number of pyridine rings is 1. The lowest BCUT2D eigenvalue weighted by molar-refractivity contribution is 0.200. The number of hydrogen-bond donors (Lipinski definition) is 0. The molecule has 6 nitrogen and oxygen atoms in total. The number of imidazole rings is 1. The molecule has 4 aromatic rings. The van der Waals surface area contributed by atoms with E-state index in [2.05, 4.69) is 45.2 Å². The average Bonchev–Trinajstić information content (AvgIpc) is 3.29. The molecule has 0 radical (unpaired) electrons. The Labute approximate surface area is 188 Å². The zero-order valence-corrected chi connectivity index (χ0v) is 18.4. The maximum Gasteiger partial charge on any atom is 0.142 e. The van der Waals surface area contributed by atoms with Crippen molar-refractivity contribution < 1.29 is 9.47 Å². The molecule has 2 aromatic carbocycles. The molecule has 0 unspecified atom stereocenters. The van der Waals surface area contributed by atoms with Gasteiger partial charge in [0.1, 0.15) is 23.8 Å². The van der Waals surface area contributed by atoms with Crippen LogP contribution in [-0.4, -0.2) is 60.7 Å². The lowest BCUT2D eigenvalue weighted by Crippen LogP contribution is -2.47. The van der Waals surface area contributed by atoms with Gasteiger partial charge in [0.05, 0.1) is 18.5 Å². The van der Waals surface area contributed by atoms with Crippen LogP contribution in [-0.2, 0) is 0 Å². The predicted octanol–water partition coefficient (Wildman–Crippen LogP) is 4.21. The molecular weight excluding hydrogens is 400 g/mol. The number of piperazine rings is 1. The van der Waals surface area contributed by atoms with E-state index in [1.54, 1.807) is 7.11 Å². The van der Waals surface area contributed by atoms with E-state index in [-0.39, 0.29) is 0 Å². The molecule has 6 heteroatoms. The SMILES string of the molecule is COc1ccccc1N1CCN(CCOc2ccc(-c3cn4ccccc4n3)cc2)CC1. The monoisotopic (exact) mass is 428 g/mol. The van der Waals surface area contributed by atoms with Gasteiger partial charge < -0.3 is 18.8 Å². The number of nitrogens with zero attached hydrogens (tertiary/aromatic N) is 4. The van der Waals surface area contributed by atoms with Gasteiger partial charge in [-0.05, 0) is 48.5 Å². The highest BCUT2D eigenvalue weighted by molar-refractivity contribution is 5.63. The van der Waals surface area contributed by atoms with E-state index in [0.717, 1.165) is 61.1 Å². The molecule has 0 saturated carbocycles. The molecule has 0 atom stereocenters. The fourth-order valence-corrected chi connectivity index (χ4v) is 4.19. The average molecular weight is 429 g/mol. The molecule has 2 aromatic heterocycles. The number of benzene rings is 2. The van der Waals surface area contributed by atoms with Crippen LogP contribution in [0.2, 0.25) is 0 Å². The third-order valence-corrected chi connectivity index (χ3v) is 5.99. The Morgan fingerprint density at radius 3 is 2.44 bits per heavy atom. The lowest BCUT2D eigenvalue weighted by atomic mass is 10.2. The van der Waals surface area contributed by atoms with Crippen LogP contribution >= 0.6 is 0 Å². The highest BCUT2D eigenvalue weighted by Crippen LogP contribution is 2.28. The Bertz CT molecular complexity index is 1130. The van der Waals surface area contributed by atoms with E-state index in [0.29, 0.717) is 6.61 Å². The molecule has 3 heterocycles. The van der Waals surface area contributed by atoms with E-state index >= 15 is 0 Å². The van der Waals surface area contributed by atoms with Crippen LogP contribution < -0.4 is 14.4 Å². The fraction of sp³-hybridized carbons (Fsp3) is 0.269. The summed E-state index contributed by atoms with van der Waals surface area (Å²) < 4.78 is 13.6. The van der Waals surface area contributed by atoms with Crippen molar-refractivity contribution in [3.05, 3.63) is 79.1 Å². The van der Waals surface area contributed by atoms with Gasteiger partial charge in [0, 0.05) is 50.7 Å². The van der Waals surface area contributed by atoms with Crippen molar-refractivity contribution >= 4 is 11.3 Å². The zero-order valence-electron chi connectivity index (χ0n) is 18.4. The first-order valence-corrected chi connectivity index (χ1v) is 11.1. The van der Waals surface area contributed by atoms with Crippen molar-refractivity contribution in [2.45, 2.75) is 0 Å². The second kappa shape index (κ2) is 9.32. The van der Waals surface area contributed by atoms with Crippen molar-refractivity contribution in [1.82, 2.24) is 14.3 Å². The van der Waals surface area contributed by atoms with Gasteiger partial charge in [-0.25, -0.2) is 4.98 Å². The van der Waals surface area contributed by atoms with Gasteiger partial charge in [-0.3, -0.25) is 4.90 Å². The summed E-state index contributed by atoms with van der Waals surface area (Å²) in [6, 6.07) is 22.5. The Hall–Kier alpha value is -3.51. The Balaban J connectivity index is 1.11. The van der Waals surface area contributed by atoms with Gasteiger partial charge >= 0.3 is 0 Å². The normalized spacial score (nSPS) is 14.6. The predicted molar refractivity (Wildman–Crippen MR) is 128 cm³/mol. The third kappa shape index (κ3) is 4.41. The molecule has 1 aliphatic rings. The Morgan fingerprint density at radius 2 is 1.66 bits per heavy atom. The van der Waals surface area contributed by atoms with Crippen molar-refractivity contribution in [3.8, 4) is 22.8 Å². The van der Waals surface area contributed by atoms with Crippen molar-refractivity contribution in [2.75, 3.05) is 51.3 Å². The number of anilines is 1. The number of rotatable bonds is 7. The summed E-state index contributed by atoms with van der Waals surface area (Å²) in [5, 5.41) is 0. The molecule has 164 valence electrons.